The molecule has 3 rings (SSSR count). The summed E-state index contributed by atoms with van der Waals surface area (Å²) in [7, 11) is 1.47. The summed E-state index contributed by atoms with van der Waals surface area (Å²) in [6, 6.07) is 17.9. The van der Waals surface area contributed by atoms with Crippen LogP contribution in [0.15, 0.2) is 54.6 Å². The Hall–Kier alpha value is -2.70. The number of ether oxygens (including phenoxy) is 1. The number of methoxy groups -OCH3 is 1. The van der Waals surface area contributed by atoms with Crippen molar-refractivity contribution in [2.45, 2.75) is 31.3 Å². The summed E-state index contributed by atoms with van der Waals surface area (Å²) in [6.07, 6.45) is 0.360. The zero-order valence-corrected chi connectivity index (χ0v) is 16.9. The first-order valence-corrected chi connectivity index (χ1v) is 9.93. The van der Waals surface area contributed by atoms with Crippen LogP contribution in [0.2, 0.25) is 0 Å². The molecule has 0 unspecified atom stereocenters. The summed E-state index contributed by atoms with van der Waals surface area (Å²) >= 11 is 0. The predicted octanol–water partition coefficient (Wildman–Crippen LogP) is 2.18. The second-order valence-corrected chi connectivity index (χ2v) is 7.22. The molecule has 1 heterocycles. The molecule has 2 amide bonds. The molecule has 3 atom stereocenters. The molecular weight excluding hydrogens is 368 g/mol. The highest BCUT2D eigenvalue weighted by Gasteiger charge is 2.50. The highest BCUT2D eigenvalue weighted by molar-refractivity contribution is 5.79. The number of nitrogens with one attached hydrogen (secondary N) is 1. The van der Waals surface area contributed by atoms with Crippen LogP contribution in [0.25, 0.3) is 11.1 Å². The van der Waals surface area contributed by atoms with Crippen molar-refractivity contribution in [2.24, 2.45) is 0 Å². The van der Waals surface area contributed by atoms with Gasteiger partial charge in [-0.25, -0.2) is 0 Å². The summed E-state index contributed by atoms with van der Waals surface area (Å²) in [5, 5.41) is 12.8. The summed E-state index contributed by atoms with van der Waals surface area (Å²) in [5.41, 5.74) is 3.30. The summed E-state index contributed by atoms with van der Waals surface area (Å²) in [4.78, 5) is 26.0. The molecule has 0 bridgehead atoms. The molecule has 0 aliphatic carbocycles. The number of hydrogen-bond acceptors (Lipinski definition) is 4. The minimum Gasteiger partial charge on any atom is -0.394 e. The molecule has 2 aromatic rings. The zero-order valence-electron chi connectivity index (χ0n) is 16.9. The van der Waals surface area contributed by atoms with Crippen LogP contribution in [0.5, 0.6) is 0 Å². The first-order valence-electron chi connectivity index (χ1n) is 9.93. The van der Waals surface area contributed by atoms with Gasteiger partial charge in [-0.05, 0) is 16.7 Å². The Bertz CT molecular complexity index is 823. The average molecular weight is 396 g/mol. The molecule has 6 heteroatoms. The van der Waals surface area contributed by atoms with Gasteiger partial charge in [0.2, 0.25) is 11.8 Å². The van der Waals surface area contributed by atoms with Gasteiger partial charge in [0, 0.05) is 26.0 Å². The Labute approximate surface area is 171 Å². The third kappa shape index (κ3) is 4.49. The molecule has 0 spiro atoms. The lowest BCUT2D eigenvalue weighted by Crippen LogP contribution is -2.68. The van der Waals surface area contributed by atoms with Gasteiger partial charge in [0.05, 0.1) is 18.7 Å². The number of benzene rings is 2. The van der Waals surface area contributed by atoms with E-state index in [4.69, 9.17) is 4.74 Å². The van der Waals surface area contributed by atoms with Gasteiger partial charge < -0.3 is 20.1 Å². The number of likely N-dealkylation sites (tertiary alicyclic amines) is 1. The Kier molecular flexibility index (Phi) is 7.01. The lowest BCUT2D eigenvalue weighted by molar-refractivity contribution is -0.150. The van der Waals surface area contributed by atoms with Gasteiger partial charge in [-0.3, -0.25) is 9.59 Å². The highest BCUT2D eigenvalue weighted by Crippen LogP contribution is 2.41. The number of aliphatic hydroxyl groups is 1. The molecular formula is C23H28N2O4. The van der Waals surface area contributed by atoms with Crippen LogP contribution in [-0.4, -0.2) is 60.8 Å². The monoisotopic (exact) mass is 396 g/mol. The van der Waals surface area contributed by atoms with E-state index in [1.54, 1.807) is 11.8 Å². The molecule has 1 fully saturated rings. The smallest absolute Gasteiger partial charge is 0.246 e. The lowest BCUT2D eigenvalue weighted by Gasteiger charge is -2.55. The molecule has 0 aromatic heterocycles. The maximum absolute atomic E-state index is 12.4. The van der Waals surface area contributed by atoms with Gasteiger partial charge in [-0.2, -0.15) is 0 Å². The zero-order chi connectivity index (χ0) is 20.8. The standard InChI is InChI=1S/C23H28N2O4/c1-3-22(28)25-19(13-24-21(27)15-29-2)23(20(25)14-26)18-11-9-17(10-12-18)16-7-5-4-6-8-16/h4-12,19-20,23,26H,3,13-15H2,1-2H3,(H,24,27)/t19-,20-,23-/m0/s1. The van der Waals surface area contributed by atoms with Gasteiger partial charge in [-0.15, -0.1) is 0 Å². The van der Waals surface area contributed by atoms with Crippen LogP contribution in [-0.2, 0) is 14.3 Å². The third-order valence-corrected chi connectivity index (χ3v) is 5.51. The number of hydrogen-bond donors (Lipinski definition) is 2. The van der Waals surface area contributed by atoms with E-state index in [1.165, 1.54) is 7.11 Å². The Morgan fingerprint density at radius 3 is 2.28 bits per heavy atom. The largest absolute Gasteiger partial charge is 0.394 e. The summed E-state index contributed by atoms with van der Waals surface area (Å²) in [6.45, 7) is 2.00. The van der Waals surface area contributed by atoms with Crippen LogP contribution in [0.1, 0.15) is 24.8 Å². The van der Waals surface area contributed by atoms with Crippen molar-refractivity contribution in [1.82, 2.24) is 10.2 Å². The molecule has 1 aliphatic rings. The number of amides is 2. The Balaban J connectivity index is 1.81. The van der Waals surface area contributed by atoms with E-state index in [1.807, 2.05) is 30.3 Å². The van der Waals surface area contributed by atoms with Crippen LogP contribution < -0.4 is 5.32 Å². The predicted molar refractivity (Wildman–Crippen MR) is 111 cm³/mol. The van der Waals surface area contributed by atoms with Gasteiger partial charge in [0.25, 0.3) is 0 Å². The number of nitrogens with zero attached hydrogens (tertiary/aromatic N) is 1. The highest BCUT2D eigenvalue weighted by atomic mass is 16.5. The van der Waals surface area contributed by atoms with Crippen molar-refractivity contribution in [3.05, 3.63) is 60.2 Å². The molecule has 2 N–H and O–H groups in total. The van der Waals surface area contributed by atoms with Crippen LogP contribution in [0.4, 0.5) is 0 Å². The normalized spacial score (nSPS) is 20.8. The van der Waals surface area contributed by atoms with E-state index in [0.717, 1.165) is 16.7 Å². The fraction of sp³-hybridized carbons (Fsp3) is 0.391. The molecule has 6 nitrogen and oxygen atoms in total. The van der Waals surface area contributed by atoms with Crippen molar-refractivity contribution in [1.29, 1.82) is 0 Å². The molecule has 29 heavy (non-hydrogen) atoms. The Morgan fingerprint density at radius 2 is 1.69 bits per heavy atom. The Morgan fingerprint density at radius 1 is 1.03 bits per heavy atom. The number of aliphatic hydroxyl groups excluding tert-OH is 1. The molecule has 2 aromatic carbocycles. The summed E-state index contributed by atoms with van der Waals surface area (Å²) < 4.78 is 4.86. The maximum Gasteiger partial charge on any atom is 0.246 e. The van der Waals surface area contributed by atoms with Crippen LogP contribution in [0.3, 0.4) is 0 Å². The van der Waals surface area contributed by atoms with E-state index in [-0.39, 0.29) is 43.0 Å². The minimum absolute atomic E-state index is 0.0195. The average Bonchev–Trinajstić information content (AvgIpc) is 2.74. The second-order valence-electron chi connectivity index (χ2n) is 7.22. The molecule has 154 valence electrons. The third-order valence-electron chi connectivity index (χ3n) is 5.51. The van der Waals surface area contributed by atoms with Gasteiger partial charge >= 0.3 is 0 Å². The fourth-order valence-corrected chi connectivity index (χ4v) is 4.10. The molecule has 1 aliphatic heterocycles. The SMILES string of the molecule is CCC(=O)N1[C@@H](CO)[C@@H](c2ccc(-c3ccccc3)cc2)[C@@H]1CNC(=O)COC. The van der Waals surface area contributed by atoms with Crippen molar-refractivity contribution in [2.75, 3.05) is 26.9 Å². The van der Waals surface area contributed by atoms with E-state index >= 15 is 0 Å². The number of carbonyl (C=O) groups excluding carboxylic acids is 2. The topological polar surface area (TPSA) is 78.9 Å². The van der Waals surface area contributed by atoms with Crippen molar-refractivity contribution in [3.63, 3.8) is 0 Å². The van der Waals surface area contributed by atoms with E-state index in [2.05, 4.69) is 29.6 Å². The first-order chi connectivity index (χ1) is 14.1. The first kappa shape index (κ1) is 21.0. The minimum atomic E-state index is -0.283. The second kappa shape index (κ2) is 9.67. The van der Waals surface area contributed by atoms with E-state index in [0.29, 0.717) is 13.0 Å². The van der Waals surface area contributed by atoms with E-state index in [9.17, 15) is 14.7 Å². The van der Waals surface area contributed by atoms with Crippen LogP contribution in [0, 0.1) is 0 Å². The summed E-state index contributed by atoms with van der Waals surface area (Å²) in [5.74, 6) is -0.280. The van der Waals surface area contributed by atoms with Crippen molar-refractivity contribution in [3.8, 4) is 11.1 Å². The fourth-order valence-electron chi connectivity index (χ4n) is 4.10. The molecule has 0 radical (unpaired) electrons. The molecule has 1 saturated heterocycles. The van der Waals surface area contributed by atoms with Gasteiger partial charge in [0.15, 0.2) is 0 Å². The van der Waals surface area contributed by atoms with Crippen molar-refractivity contribution >= 4 is 11.8 Å². The molecule has 0 saturated carbocycles. The van der Waals surface area contributed by atoms with Crippen molar-refractivity contribution < 1.29 is 19.4 Å². The van der Waals surface area contributed by atoms with Crippen LogP contribution >= 0.6 is 0 Å². The number of rotatable bonds is 8. The van der Waals surface area contributed by atoms with Gasteiger partial charge in [0.1, 0.15) is 6.61 Å². The number of carbonyl (C=O) groups is 2. The van der Waals surface area contributed by atoms with Gasteiger partial charge in [-0.1, -0.05) is 61.5 Å². The van der Waals surface area contributed by atoms with E-state index < -0.39 is 0 Å². The quantitative estimate of drug-likeness (QED) is 0.717. The maximum atomic E-state index is 12.4. The lowest BCUT2D eigenvalue weighted by atomic mass is 9.74.